The van der Waals surface area contributed by atoms with E-state index in [9.17, 15) is 0 Å². The largest absolute Gasteiger partial charge is 1.00 e. The van der Waals surface area contributed by atoms with Gasteiger partial charge in [0.15, 0.2) is 23.9 Å². The van der Waals surface area contributed by atoms with Crippen molar-refractivity contribution in [1.29, 1.82) is 0 Å². The zero-order valence-electron chi connectivity index (χ0n) is 18.5. The number of aromatic nitrogens is 2. The predicted molar refractivity (Wildman–Crippen MR) is 113 cm³/mol. The normalized spacial score (nSPS) is 10.7. The van der Waals surface area contributed by atoms with E-state index in [1.165, 1.54) is 12.4 Å². The highest BCUT2D eigenvalue weighted by Gasteiger charge is 2.13. The van der Waals surface area contributed by atoms with Crippen LogP contribution in [0.2, 0.25) is 0 Å². The Bertz CT molecular complexity index is 781. The van der Waals surface area contributed by atoms with E-state index < -0.39 is 0 Å². The molecule has 0 radical (unpaired) electrons. The zero-order chi connectivity index (χ0) is 21.6. The number of nitrogens with zero attached hydrogens (tertiary/aromatic N) is 4. The van der Waals surface area contributed by atoms with E-state index in [2.05, 4.69) is 10.3 Å². The maximum absolute atomic E-state index is 8.79. The minimum atomic E-state index is 0. The van der Waals surface area contributed by atoms with E-state index in [0.717, 1.165) is 61.4 Å². The van der Waals surface area contributed by atoms with Crippen molar-refractivity contribution in [2.45, 2.75) is 38.5 Å². The Morgan fingerprint density at radius 3 is 1.47 bits per heavy atom. The van der Waals surface area contributed by atoms with Crippen molar-refractivity contribution in [1.82, 2.24) is 0 Å². The van der Waals surface area contributed by atoms with Crippen LogP contribution in [0.3, 0.4) is 0 Å². The number of halogens is 2. The topological polar surface area (TPSA) is 91.4 Å². The highest BCUT2D eigenvalue weighted by molar-refractivity contribution is 5.78. The molecule has 2 heterocycles. The van der Waals surface area contributed by atoms with Crippen molar-refractivity contribution >= 4 is 12.4 Å². The van der Waals surface area contributed by atoms with Gasteiger partial charge in [-0.15, -0.1) is 0 Å². The molecule has 0 spiro atoms. The van der Waals surface area contributed by atoms with Crippen LogP contribution in [0.15, 0.2) is 47.0 Å². The number of aryl methyl sites for hydroxylation is 2. The number of oxime groups is 2. The molecule has 0 saturated carbocycles. The Morgan fingerprint density at radius 2 is 1.09 bits per heavy atom. The second-order valence-electron chi connectivity index (χ2n) is 7.04. The number of rotatable bonds is 13. The lowest BCUT2D eigenvalue weighted by atomic mass is 10.1. The molecule has 0 bridgehead atoms. The highest BCUT2D eigenvalue weighted by Crippen LogP contribution is 2.15. The van der Waals surface area contributed by atoms with E-state index in [1.807, 2.05) is 59.9 Å². The Hall–Kier alpha value is -1.70. The highest BCUT2D eigenvalue weighted by atomic mass is 127. The smallest absolute Gasteiger partial charge is 0.269 e. The average Bonchev–Trinajstić information content (AvgIpc) is 2.74. The fraction of sp³-hybridized carbons (Fsp3) is 0.455. The van der Waals surface area contributed by atoms with Crippen LogP contribution in [0.5, 0.6) is 11.5 Å². The molecule has 0 atom stereocenters. The third kappa shape index (κ3) is 10.3. The van der Waals surface area contributed by atoms with Crippen LogP contribution in [0.25, 0.3) is 0 Å². The number of unbranched alkanes of at least 4 members (excludes halogenated alkanes) is 5. The Balaban J connectivity index is 0.00000480. The summed E-state index contributed by atoms with van der Waals surface area (Å²) in [5.41, 5.74) is 1.47. The van der Waals surface area contributed by atoms with Gasteiger partial charge >= 0.3 is 0 Å². The fourth-order valence-corrected chi connectivity index (χ4v) is 3.14. The van der Waals surface area contributed by atoms with Gasteiger partial charge in [0, 0.05) is 12.1 Å². The van der Waals surface area contributed by atoms with Crippen LogP contribution in [0.4, 0.5) is 0 Å². The molecule has 2 N–H and O–H groups in total. The van der Waals surface area contributed by atoms with Crippen molar-refractivity contribution in [2.75, 3.05) is 13.2 Å². The monoisotopic (exact) mass is 670 g/mol. The molecule has 0 saturated heterocycles. The second kappa shape index (κ2) is 17.8. The lowest BCUT2D eigenvalue weighted by Gasteiger charge is -2.08. The first kappa shape index (κ1) is 30.3. The maximum Gasteiger partial charge on any atom is 0.269 e. The molecule has 2 rings (SSSR count). The Labute approximate surface area is 224 Å². The van der Waals surface area contributed by atoms with Gasteiger partial charge in [-0.05, 0) is 25.0 Å². The molecule has 2 aromatic heterocycles. The summed E-state index contributed by atoms with van der Waals surface area (Å²) in [6, 6.07) is 7.56. The summed E-state index contributed by atoms with van der Waals surface area (Å²) in [6.07, 6.45) is 13.0. The van der Waals surface area contributed by atoms with Gasteiger partial charge in [0.1, 0.15) is 26.5 Å². The van der Waals surface area contributed by atoms with E-state index in [1.54, 1.807) is 0 Å². The first-order valence-corrected chi connectivity index (χ1v) is 10.2. The molecule has 178 valence electrons. The molecular formula is C22H32I2N4O4. The van der Waals surface area contributed by atoms with E-state index in [-0.39, 0.29) is 48.0 Å². The van der Waals surface area contributed by atoms with Crippen LogP contribution < -0.4 is 66.6 Å². The molecule has 0 aliphatic rings. The van der Waals surface area contributed by atoms with E-state index in [0.29, 0.717) is 13.2 Å². The van der Waals surface area contributed by atoms with Crippen LogP contribution in [0.1, 0.15) is 49.9 Å². The molecule has 32 heavy (non-hydrogen) atoms. The summed E-state index contributed by atoms with van der Waals surface area (Å²) in [4.78, 5) is 0. The van der Waals surface area contributed by atoms with E-state index in [4.69, 9.17) is 19.9 Å². The fourth-order valence-electron chi connectivity index (χ4n) is 3.14. The molecular weight excluding hydrogens is 638 g/mol. The van der Waals surface area contributed by atoms with Gasteiger partial charge in [-0.25, -0.2) is 0 Å². The average molecular weight is 670 g/mol. The van der Waals surface area contributed by atoms with Crippen molar-refractivity contribution < 1.29 is 77.0 Å². The second-order valence-corrected chi connectivity index (χ2v) is 7.04. The third-order valence-electron chi connectivity index (χ3n) is 4.79. The standard InChI is InChI=1S/C22H30N4O4.2HI/c1-25-13-9-11-21(19(25)17-23-27)29-15-7-5-3-4-6-8-16-30-22-12-10-14-26(2)20(22)18-24-28;;/h9-14,17-18H,3-8,15-16H2,1-2H3;2*1H. The lowest BCUT2D eigenvalue weighted by molar-refractivity contribution is -0.672. The summed E-state index contributed by atoms with van der Waals surface area (Å²) in [5.74, 6) is 1.43. The summed E-state index contributed by atoms with van der Waals surface area (Å²) in [6.45, 7) is 1.28. The van der Waals surface area contributed by atoms with Gasteiger partial charge in [-0.2, -0.15) is 9.13 Å². The minimum Gasteiger partial charge on any atom is -1.00 e. The van der Waals surface area contributed by atoms with Crippen LogP contribution in [0, 0.1) is 0 Å². The molecule has 2 aromatic rings. The molecule has 0 fully saturated rings. The van der Waals surface area contributed by atoms with E-state index >= 15 is 0 Å². The molecule has 10 heteroatoms. The molecule has 8 nitrogen and oxygen atoms in total. The summed E-state index contributed by atoms with van der Waals surface area (Å²) in [7, 11) is 3.76. The van der Waals surface area contributed by atoms with Crippen molar-refractivity contribution in [3.05, 3.63) is 48.0 Å². The minimum absolute atomic E-state index is 0. The van der Waals surface area contributed by atoms with Gasteiger partial charge < -0.3 is 67.8 Å². The van der Waals surface area contributed by atoms with Crippen LogP contribution in [-0.4, -0.2) is 36.1 Å². The summed E-state index contributed by atoms with van der Waals surface area (Å²) < 4.78 is 15.4. The van der Waals surface area contributed by atoms with Gasteiger partial charge in [-0.3, -0.25) is 0 Å². The summed E-state index contributed by atoms with van der Waals surface area (Å²) >= 11 is 0. The zero-order valence-corrected chi connectivity index (χ0v) is 22.8. The molecule has 0 amide bonds. The third-order valence-corrected chi connectivity index (χ3v) is 4.79. The number of hydrogen-bond donors (Lipinski definition) is 2. The van der Waals surface area contributed by atoms with Crippen molar-refractivity contribution in [3.63, 3.8) is 0 Å². The van der Waals surface area contributed by atoms with Gasteiger partial charge in [-0.1, -0.05) is 36.0 Å². The molecule has 0 aliphatic heterocycles. The van der Waals surface area contributed by atoms with Gasteiger partial charge in [0.25, 0.3) is 11.4 Å². The number of ether oxygens (including phenoxy) is 2. The Kier molecular flexibility index (Phi) is 16.9. The molecule has 0 unspecified atom stereocenters. The maximum atomic E-state index is 8.79. The SMILES string of the molecule is C[n+]1cccc(OCCCCCCCCOc2ccc[n+](C)c2/C=N/O)c1/C=N\O.[I-].[I-]. The van der Waals surface area contributed by atoms with Crippen LogP contribution in [-0.2, 0) is 14.1 Å². The van der Waals surface area contributed by atoms with Gasteiger partial charge in [0.2, 0.25) is 0 Å². The first-order chi connectivity index (χ1) is 14.7. The predicted octanol–water partition coefficient (Wildman–Crippen LogP) is -3.24. The van der Waals surface area contributed by atoms with Crippen molar-refractivity contribution in [3.8, 4) is 11.5 Å². The van der Waals surface area contributed by atoms with Gasteiger partial charge in [0.05, 0.1) is 13.2 Å². The summed E-state index contributed by atoms with van der Waals surface area (Å²) in [5, 5.41) is 23.8. The Morgan fingerprint density at radius 1 is 0.719 bits per heavy atom. The number of pyridine rings is 2. The van der Waals surface area contributed by atoms with Crippen LogP contribution >= 0.6 is 0 Å². The molecule has 0 aromatic carbocycles. The first-order valence-electron chi connectivity index (χ1n) is 10.2. The number of hydrogen-bond acceptors (Lipinski definition) is 6. The quantitative estimate of drug-likeness (QED) is 0.0586. The lowest BCUT2D eigenvalue weighted by Crippen LogP contribution is -3.00. The van der Waals surface area contributed by atoms with Crippen molar-refractivity contribution in [2.24, 2.45) is 24.4 Å². The molecule has 0 aliphatic carbocycles.